The number of hydrogen-bond donors (Lipinski definition) is 8. The van der Waals surface area contributed by atoms with E-state index in [9.17, 15) is 39.6 Å². The van der Waals surface area contributed by atoms with Gasteiger partial charge in [-0.05, 0) is 13.0 Å². The zero-order valence-electron chi connectivity index (χ0n) is 17.6. The molecule has 7 atom stereocenters. The number of primary amides is 1. The van der Waals surface area contributed by atoms with Crippen molar-refractivity contribution in [2.45, 2.75) is 47.4 Å². The molecule has 1 aliphatic heterocycles. The van der Waals surface area contributed by atoms with Crippen LogP contribution in [-0.4, -0.2) is 94.3 Å². The molecule has 1 aliphatic rings. The number of amides is 3. The molecule has 1 saturated heterocycles. The van der Waals surface area contributed by atoms with Gasteiger partial charge in [0.25, 0.3) is 0 Å². The molecule has 1 aromatic rings. The Labute approximate surface area is 190 Å². The Morgan fingerprint density at radius 3 is 2.45 bits per heavy atom. The number of carboxylic acids is 1. The number of nitrogens with one attached hydrogen (secondary N) is 1. The lowest BCUT2D eigenvalue weighted by atomic mass is 9.88. The van der Waals surface area contributed by atoms with Crippen molar-refractivity contribution in [2.75, 3.05) is 6.61 Å². The van der Waals surface area contributed by atoms with E-state index in [0.29, 0.717) is 11.8 Å². The van der Waals surface area contributed by atoms with Gasteiger partial charge in [-0.25, -0.2) is 14.4 Å². The van der Waals surface area contributed by atoms with Crippen LogP contribution in [0.25, 0.3) is 0 Å². The van der Waals surface area contributed by atoms with Crippen molar-refractivity contribution >= 4 is 29.7 Å². The second kappa shape index (κ2) is 10.0. The predicted octanol–water partition coefficient (Wildman–Crippen LogP) is -4.86. The lowest BCUT2D eigenvalue weighted by Crippen LogP contribution is -2.66. The van der Waals surface area contributed by atoms with Gasteiger partial charge in [0, 0.05) is 13.2 Å². The number of carboxylic acid groups (broad SMARTS) is 1. The van der Waals surface area contributed by atoms with Crippen LogP contribution in [0.3, 0.4) is 0 Å². The maximum absolute atomic E-state index is 12.7. The Morgan fingerprint density at radius 1 is 1.33 bits per heavy atom. The first kappa shape index (κ1) is 26.5. The minimum Gasteiger partial charge on any atom is -0.479 e. The number of nitrogens with two attached hydrogens (primary N) is 2. The van der Waals surface area contributed by atoms with Crippen LogP contribution in [0, 0.1) is 0 Å². The van der Waals surface area contributed by atoms with Crippen LogP contribution < -0.4 is 28.0 Å². The highest BCUT2D eigenvalue weighted by molar-refractivity contribution is 8.00. The number of thioether (sulfide) groups is 1. The summed E-state index contributed by atoms with van der Waals surface area (Å²) in [4.78, 5) is 51.1. The van der Waals surface area contributed by atoms with E-state index in [4.69, 9.17) is 16.6 Å². The van der Waals surface area contributed by atoms with Gasteiger partial charge in [0.1, 0.15) is 29.1 Å². The lowest BCUT2D eigenvalue weighted by molar-refractivity contribution is -0.153. The molecule has 184 valence electrons. The second-order valence-electron chi connectivity index (χ2n) is 7.58. The maximum Gasteiger partial charge on any atom is 0.340 e. The Kier molecular flexibility index (Phi) is 8.04. The van der Waals surface area contributed by atoms with E-state index in [1.54, 1.807) is 0 Å². The van der Waals surface area contributed by atoms with Crippen LogP contribution in [0.15, 0.2) is 22.1 Å². The van der Waals surface area contributed by atoms with Gasteiger partial charge >= 0.3 is 17.7 Å². The smallest absolute Gasteiger partial charge is 0.340 e. The van der Waals surface area contributed by atoms with E-state index < -0.39 is 70.7 Å². The van der Waals surface area contributed by atoms with Crippen LogP contribution in [0.1, 0.15) is 12.3 Å². The molecular weight excluding hydrogens is 464 g/mol. The van der Waals surface area contributed by atoms with Crippen LogP contribution in [-0.2, 0) is 16.6 Å². The largest absolute Gasteiger partial charge is 0.479 e. The Balaban J connectivity index is 2.41. The highest BCUT2D eigenvalue weighted by Crippen LogP contribution is 2.44. The molecule has 0 bridgehead atoms. The van der Waals surface area contributed by atoms with Crippen molar-refractivity contribution in [1.29, 1.82) is 0 Å². The number of aromatic nitrogens is 2. The summed E-state index contributed by atoms with van der Waals surface area (Å²) in [5.41, 5.74) is 7.20. The highest BCUT2D eigenvalue weighted by Gasteiger charge is 2.54. The molecular formula is C17H26N6O9S. The zero-order valence-corrected chi connectivity index (χ0v) is 18.4. The van der Waals surface area contributed by atoms with E-state index in [1.165, 1.54) is 19.3 Å². The number of aliphatic carboxylic acids is 1. The average Bonchev–Trinajstić information content (AvgIpc) is 3.04. The number of aliphatic hydroxyl groups excluding tert-OH is 4. The number of aliphatic hydroxyl groups is 4. The molecule has 15 nitrogen and oxygen atoms in total. The molecule has 1 fully saturated rings. The number of carbonyl (C=O) groups excluding carboxylic acids is 2. The van der Waals surface area contributed by atoms with Gasteiger partial charge in [-0.2, -0.15) is 4.99 Å². The van der Waals surface area contributed by atoms with Gasteiger partial charge in [0.05, 0.1) is 18.0 Å². The summed E-state index contributed by atoms with van der Waals surface area (Å²) in [7, 11) is 1.29. The monoisotopic (exact) mass is 490 g/mol. The minimum atomic E-state index is -2.36. The number of rotatable bonds is 7. The summed E-state index contributed by atoms with van der Waals surface area (Å²) in [5.74, 6) is -2.73. The fourth-order valence-corrected chi connectivity index (χ4v) is 4.88. The molecule has 10 N–H and O–H groups in total. The number of carbonyl (C=O) groups is 3. The molecule has 16 heteroatoms. The molecule has 0 unspecified atom stereocenters. The summed E-state index contributed by atoms with van der Waals surface area (Å²) in [6.45, 7) is 0.193. The van der Waals surface area contributed by atoms with Gasteiger partial charge in [0.15, 0.2) is 5.54 Å². The van der Waals surface area contributed by atoms with Crippen LogP contribution in [0.5, 0.6) is 0 Å². The quantitative estimate of drug-likeness (QED) is 0.180. The lowest BCUT2D eigenvalue weighted by Gasteiger charge is -2.36. The van der Waals surface area contributed by atoms with E-state index in [0.717, 1.165) is 16.1 Å². The molecule has 0 spiro atoms. The molecule has 0 radical (unpaired) electrons. The van der Waals surface area contributed by atoms with Crippen molar-refractivity contribution in [3.63, 3.8) is 0 Å². The number of urea groups is 1. The standard InChI is InChI=1S/C17H26N6O9S/c1-17(14(29)30,21-12(28)6(18)5-24)11(27)10-8(25)9(26)13(33-10)23-4-3-7(20-15(19)31)22(2)16(23)32/h3-4,6,8-11,13,24-27H,5,18H2,1-2H3,(H2,19,31)(H,21,28)(H,29,30)/b20-7-/t6-,8+,9+,10-,11+,13+,17+/m0/s1. The first-order chi connectivity index (χ1) is 15.3. The van der Waals surface area contributed by atoms with Gasteiger partial charge in [-0.15, -0.1) is 11.8 Å². The number of nitrogens with zero attached hydrogens (tertiary/aromatic N) is 3. The molecule has 2 heterocycles. The van der Waals surface area contributed by atoms with Gasteiger partial charge in [-0.1, -0.05) is 0 Å². The Bertz CT molecular complexity index is 1060. The Hall–Kier alpha value is -2.76. The molecule has 0 aromatic carbocycles. The summed E-state index contributed by atoms with van der Waals surface area (Å²) < 4.78 is 1.97. The van der Waals surface area contributed by atoms with Crippen LogP contribution in [0.4, 0.5) is 4.79 Å². The normalized spacial score (nSPS) is 26.9. The molecule has 1 aromatic heterocycles. The highest BCUT2D eigenvalue weighted by atomic mass is 32.2. The third-order valence-corrected chi connectivity index (χ3v) is 6.91. The van der Waals surface area contributed by atoms with Gasteiger partial charge in [0.2, 0.25) is 5.91 Å². The predicted molar refractivity (Wildman–Crippen MR) is 113 cm³/mol. The van der Waals surface area contributed by atoms with Gasteiger partial charge in [-0.3, -0.25) is 13.9 Å². The van der Waals surface area contributed by atoms with Crippen molar-refractivity contribution in [2.24, 2.45) is 23.5 Å². The molecule has 3 amide bonds. The van der Waals surface area contributed by atoms with Crippen LogP contribution >= 0.6 is 11.8 Å². The molecule has 0 aliphatic carbocycles. The maximum atomic E-state index is 12.7. The Morgan fingerprint density at radius 2 is 1.94 bits per heavy atom. The zero-order chi connectivity index (χ0) is 25.2. The minimum absolute atomic E-state index is 0.0697. The van der Waals surface area contributed by atoms with Crippen molar-refractivity contribution in [3.05, 3.63) is 28.2 Å². The fraction of sp³-hybridized carbons (Fsp3) is 0.588. The molecule has 2 rings (SSSR count). The second-order valence-corrected chi connectivity index (χ2v) is 8.88. The topological polar surface area (TPSA) is 256 Å². The third kappa shape index (κ3) is 5.10. The van der Waals surface area contributed by atoms with E-state index in [1.807, 2.05) is 5.32 Å². The summed E-state index contributed by atoms with van der Waals surface area (Å²) in [6.07, 6.45) is -4.10. The van der Waals surface area contributed by atoms with Crippen molar-refractivity contribution in [1.82, 2.24) is 14.5 Å². The first-order valence-corrected chi connectivity index (χ1v) is 10.4. The average molecular weight is 490 g/mol. The van der Waals surface area contributed by atoms with E-state index in [2.05, 4.69) is 4.99 Å². The van der Waals surface area contributed by atoms with Crippen LogP contribution in [0.2, 0.25) is 0 Å². The summed E-state index contributed by atoms with van der Waals surface area (Å²) in [5, 5.41) is 50.0. The van der Waals surface area contributed by atoms with Gasteiger partial charge < -0.3 is 42.3 Å². The molecule has 0 saturated carbocycles. The van der Waals surface area contributed by atoms with E-state index in [-0.39, 0.29) is 5.49 Å². The number of hydrogen-bond acceptors (Lipinski definition) is 10. The van der Waals surface area contributed by atoms with Crippen molar-refractivity contribution < 1.29 is 39.9 Å². The summed E-state index contributed by atoms with van der Waals surface area (Å²) >= 11 is 0.698. The molecule has 33 heavy (non-hydrogen) atoms. The third-order valence-electron chi connectivity index (χ3n) is 5.27. The SMILES string of the molecule is Cn1c(=O)n([C@@H]2S[C@H]([C@@H](O)[C@@](C)(NC(=O)[C@@H](N)CO)C(=O)O)[C@H](O)[C@H]2O)cc/c1=N/C(N)=O. The summed E-state index contributed by atoms with van der Waals surface area (Å²) in [6, 6.07) is -1.24. The van der Waals surface area contributed by atoms with E-state index >= 15 is 0 Å². The fourth-order valence-electron chi connectivity index (χ4n) is 3.20. The first-order valence-electron chi connectivity index (χ1n) is 9.50. The van der Waals surface area contributed by atoms with Crippen molar-refractivity contribution in [3.8, 4) is 0 Å².